The average molecular weight is 373 g/mol. The summed E-state index contributed by atoms with van der Waals surface area (Å²) in [7, 11) is 1.41. The number of nitrogens with zero attached hydrogens (tertiary/aromatic N) is 2. The van der Waals surface area contributed by atoms with Crippen LogP contribution in [0.25, 0.3) is 6.08 Å². The number of aromatic nitrogens is 1. The van der Waals surface area contributed by atoms with Crippen LogP contribution in [0.2, 0.25) is 0 Å². The summed E-state index contributed by atoms with van der Waals surface area (Å²) in [5.41, 5.74) is 0.315. The topological polar surface area (TPSA) is 121 Å². The molecule has 0 spiro atoms. The molecule has 1 aliphatic rings. The molecule has 1 aliphatic heterocycles. The van der Waals surface area contributed by atoms with Crippen LogP contribution >= 0.6 is 11.8 Å². The Morgan fingerprint density at radius 3 is 2.73 bits per heavy atom. The second-order valence-corrected chi connectivity index (χ2v) is 5.96. The number of hydrogen-bond donors (Lipinski definition) is 1. The predicted molar refractivity (Wildman–Crippen MR) is 93.1 cm³/mol. The van der Waals surface area contributed by atoms with Crippen LogP contribution in [0.5, 0.6) is 17.4 Å². The summed E-state index contributed by atoms with van der Waals surface area (Å²) in [6, 6.07) is 7.44. The van der Waals surface area contributed by atoms with E-state index in [1.165, 1.54) is 37.6 Å². The van der Waals surface area contributed by atoms with Gasteiger partial charge in [-0.25, -0.2) is 4.98 Å². The largest absolute Gasteiger partial charge is 0.493 e. The third-order valence-corrected chi connectivity index (χ3v) is 4.09. The summed E-state index contributed by atoms with van der Waals surface area (Å²) in [5, 5.41) is 12.8. The highest BCUT2D eigenvalue weighted by molar-refractivity contribution is 8.18. The summed E-state index contributed by atoms with van der Waals surface area (Å²) in [6.07, 6.45) is 2.90. The van der Waals surface area contributed by atoms with E-state index in [1.807, 2.05) is 0 Å². The van der Waals surface area contributed by atoms with Gasteiger partial charge in [0.05, 0.1) is 16.9 Å². The molecule has 1 N–H and O–H groups in total. The average Bonchev–Trinajstić information content (AvgIpc) is 2.93. The lowest BCUT2D eigenvalue weighted by molar-refractivity contribution is -0.386. The van der Waals surface area contributed by atoms with Crippen molar-refractivity contribution in [2.75, 3.05) is 7.11 Å². The SMILES string of the molecule is COc1cc(/C=C2\SC(=O)NC2=O)ccc1Oc1ncccc1[N+](=O)[O-]. The van der Waals surface area contributed by atoms with Crippen molar-refractivity contribution in [1.29, 1.82) is 0 Å². The minimum atomic E-state index is -0.597. The first-order chi connectivity index (χ1) is 12.5. The molecule has 1 aromatic heterocycles. The van der Waals surface area contributed by atoms with Gasteiger partial charge in [0.15, 0.2) is 11.5 Å². The van der Waals surface area contributed by atoms with Gasteiger partial charge in [-0.3, -0.25) is 25.0 Å². The zero-order valence-electron chi connectivity index (χ0n) is 13.3. The van der Waals surface area contributed by atoms with Gasteiger partial charge in [0.1, 0.15) is 0 Å². The van der Waals surface area contributed by atoms with Crippen molar-refractivity contribution in [1.82, 2.24) is 10.3 Å². The third-order valence-electron chi connectivity index (χ3n) is 3.28. The fraction of sp³-hybridized carbons (Fsp3) is 0.0625. The van der Waals surface area contributed by atoms with E-state index in [2.05, 4.69) is 10.3 Å². The molecular weight excluding hydrogens is 362 g/mol. The van der Waals surface area contributed by atoms with Gasteiger partial charge in [-0.2, -0.15) is 0 Å². The number of benzene rings is 1. The summed E-state index contributed by atoms with van der Waals surface area (Å²) in [6.45, 7) is 0. The van der Waals surface area contributed by atoms with Crippen LogP contribution in [0.1, 0.15) is 5.56 Å². The monoisotopic (exact) mass is 373 g/mol. The molecule has 0 bridgehead atoms. The summed E-state index contributed by atoms with van der Waals surface area (Å²) in [5.74, 6) is -0.133. The fourth-order valence-corrected chi connectivity index (χ4v) is 2.82. The fourth-order valence-electron chi connectivity index (χ4n) is 2.13. The molecule has 26 heavy (non-hydrogen) atoms. The van der Waals surface area contributed by atoms with Crippen LogP contribution < -0.4 is 14.8 Å². The second-order valence-electron chi connectivity index (χ2n) is 4.95. The van der Waals surface area contributed by atoms with Crippen molar-refractivity contribution in [3.8, 4) is 17.4 Å². The van der Waals surface area contributed by atoms with Gasteiger partial charge in [0.25, 0.3) is 17.0 Å². The Bertz CT molecular complexity index is 943. The number of nitrogens with one attached hydrogen (secondary N) is 1. The lowest BCUT2D eigenvalue weighted by Crippen LogP contribution is -2.17. The van der Waals surface area contributed by atoms with Crippen LogP contribution in [0.3, 0.4) is 0 Å². The van der Waals surface area contributed by atoms with Gasteiger partial charge in [0, 0.05) is 12.3 Å². The van der Waals surface area contributed by atoms with Crippen molar-refractivity contribution in [3.05, 3.63) is 57.1 Å². The first kappa shape index (κ1) is 17.4. The van der Waals surface area contributed by atoms with E-state index in [4.69, 9.17) is 9.47 Å². The molecule has 2 aromatic rings. The number of nitro groups is 1. The maximum Gasteiger partial charge on any atom is 0.331 e. The van der Waals surface area contributed by atoms with E-state index in [9.17, 15) is 19.7 Å². The summed E-state index contributed by atoms with van der Waals surface area (Å²) < 4.78 is 10.8. The molecule has 0 aliphatic carbocycles. The number of methoxy groups -OCH3 is 1. The molecule has 132 valence electrons. The number of hydrogen-bond acceptors (Lipinski definition) is 8. The van der Waals surface area contributed by atoms with Gasteiger partial charge >= 0.3 is 5.69 Å². The summed E-state index contributed by atoms with van der Waals surface area (Å²) >= 11 is 0.798. The van der Waals surface area contributed by atoms with E-state index < -0.39 is 16.1 Å². The number of carbonyl (C=O) groups excluding carboxylic acids is 2. The first-order valence-corrected chi connectivity index (χ1v) is 7.99. The Hall–Kier alpha value is -3.40. The molecule has 1 fully saturated rings. The highest BCUT2D eigenvalue weighted by atomic mass is 32.2. The maximum absolute atomic E-state index is 11.6. The molecule has 3 rings (SSSR count). The lowest BCUT2D eigenvalue weighted by atomic mass is 10.2. The van der Waals surface area contributed by atoms with E-state index in [1.54, 1.807) is 12.1 Å². The minimum absolute atomic E-state index is 0.168. The predicted octanol–water partition coefficient (Wildman–Crippen LogP) is 3.11. The molecule has 2 heterocycles. The smallest absolute Gasteiger partial charge is 0.331 e. The standard InChI is InChI=1S/C16H11N3O6S/c1-24-12-7-9(8-13-14(20)18-16(21)26-13)4-5-11(12)25-15-10(19(22)23)3-2-6-17-15/h2-8H,1H3,(H,18,20,21)/b13-8-. The van der Waals surface area contributed by atoms with E-state index >= 15 is 0 Å². The maximum atomic E-state index is 11.6. The van der Waals surface area contributed by atoms with Crippen LogP contribution in [-0.4, -0.2) is 28.2 Å². The van der Waals surface area contributed by atoms with Gasteiger partial charge < -0.3 is 9.47 Å². The zero-order chi connectivity index (χ0) is 18.7. The number of pyridine rings is 1. The van der Waals surface area contributed by atoms with E-state index in [0.29, 0.717) is 5.56 Å². The zero-order valence-corrected chi connectivity index (χ0v) is 14.1. The highest BCUT2D eigenvalue weighted by Gasteiger charge is 2.25. The molecule has 1 aromatic carbocycles. The number of thioether (sulfide) groups is 1. The van der Waals surface area contributed by atoms with Crippen molar-refractivity contribution >= 4 is 34.7 Å². The first-order valence-electron chi connectivity index (χ1n) is 7.18. The molecule has 9 nitrogen and oxygen atoms in total. The molecule has 0 radical (unpaired) electrons. The van der Waals surface area contributed by atoms with E-state index in [0.717, 1.165) is 11.8 Å². The Morgan fingerprint density at radius 2 is 2.08 bits per heavy atom. The minimum Gasteiger partial charge on any atom is -0.493 e. The molecule has 2 amide bonds. The number of carbonyl (C=O) groups is 2. The quantitative estimate of drug-likeness (QED) is 0.482. The molecular formula is C16H11N3O6S. The van der Waals surface area contributed by atoms with Crippen molar-refractivity contribution in [2.45, 2.75) is 0 Å². The number of imide groups is 1. The van der Waals surface area contributed by atoms with Gasteiger partial charge in [-0.1, -0.05) is 6.07 Å². The van der Waals surface area contributed by atoms with E-state index in [-0.39, 0.29) is 28.0 Å². The van der Waals surface area contributed by atoms with Gasteiger partial charge in [-0.15, -0.1) is 0 Å². The third kappa shape index (κ3) is 3.64. The molecule has 0 unspecified atom stereocenters. The Kier molecular flexibility index (Phi) is 4.85. The number of rotatable bonds is 5. The highest BCUT2D eigenvalue weighted by Crippen LogP contribution is 2.36. The van der Waals surface area contributed by atoms with Crippen LogP contribution in [0, 0.1) is 10.1 Å². The Morgan fingerprint density at radius 1 is 1.27 bits per heavy atom. The van der Waals surface area contributed by atoms with Crippen LogP contribution in [-0.2, 0) is 4.79 Å². The van der Waals surface area contributed by atoms with Crippen molar-refractivity contribution in [2.24, 2.45) is 0 Å². The van der Waals surface area contributed by atoms with Gasteiger partial charge in [0.2, 0.25) is 0 Å². The van der Waals surface area contributed by atoms with Crippen molar-refractivity contribution < 1.29 is 24.0 Å². The van der Waals surface area contributed by atoms with Crippen LogP contribution in [0.4, 0.5) is 10.5 Å². The molecule has 1 saturated heterocycles. The molecule has 0 atom stereocenters. The normalized spacial score (nSPS) is 15.0. The van der Waals surface area contributed by atoms with Crippen LogP contribution in [0.15, 0.2) is 41.4 Å². The lowest BCUT2D eigenvalue weighted by Gasteiger charge is -2.10. The molecule has 10 heteroatoms. The summed E-state index contributed by atoms with van der Waals surface area (Å²) in [4.78, 5) is 37.4. The van der Waals surface area contributed by atoms with Gasteiger partial charge in [-0.05, 0) is 41.6 Å². The Balaban J connectivity index is 1.91. The Labute approximate surface area is 151 Å². The number of ether oxygens (including phenoxy) is 2. The van der Waals surface area contributed by atoms with Crippen molar-refractivity contribution in [3.63, 3.8) is 0 Å². The number of amides is 2. The second kappa shape index (κ2) is 7.23. The molecule has 0 saturated carbocycles.